The monoisotopic (exact) mass is 861 g/mol. The van der Waals surface area contributed by atoms with Crippen molar-refractivity contribution < 1.29 is 47.4 Å². The van der Waals surface area contributed by atoms with Crippen molar-refractivity contribution in [3.8, 4) is 6.07 Å². The van der Waals surface area contributed by atoms with Crippen LogP contribution in [0.3, 0.4) is 0 Å². The second-order valence-corrected chi connectivity index (χ2v) is 17.2. The lowest BCUT2D eigenvalue weighted by Crippen LogP contribution is -2.36. The van der Waals surface area contributed by atoms with Gasteiger partial charge in [-0.1, -0.05) is 39.0 Å². The standard InChI is InChI=1S/C38H44N11O11P/c1-19(2)33(52)46-37-45-32-25(35(54)47-37)43-18-49(32)36-27(51)28(56-4)23(59-36)14-58-61(55,57-12-8-11-39)60-29-20(3)26(22-13-38(22,29)15-50)48-17-42-24-30(40-16-41-31(24)48)44-34(53)21-9-6-5-7-10-21/h5-7,9-10,16-20,22-23,26-29,36,50-51H,8,12-15H2,1-4H3,(H,40,41,44,53)(H2,45,46,47,52,54)/t20-,22+,23+,26-,27+,28+,29-,36+,38+,61?/m0/s1. The predicted octanol–water partition coefficient (Wildman–Crippen LogP) is 2.71. The number of phosphoric ester groups is 1. The Balaban J connectivity index is 1.02. The summed E-state index contributed by atoms with van der Waals surface area (Å²) in [5, 5.41) is 36.9. The molecule has 4 aromatic heterocycles. The van der Waals surface area contributed by atoms with Gasteiger partial charge in [0.15, 0.2) is 34.4 Å². The summed E-state index contributed by atoms with van der Waals surface area (Å²) in [6.07, 6.45) is -1.15. The van der Waals surface area contributed by atoms with Gasteiger partial charge >= 0.3 is 7.82 Å². The average Bonchev–Trinajstić information content (AvgIpc) is 3.51. The van der Waals surface area contributed by atoms with Crippen LogP contribution in [0.4, 0.5) is 11.8 Å². The lowest BCUT2D eigenvalue weighted by atomic mass is 9.94. The van der Waals surface area contributed by atoms with E-state index < -0.39 is 67.9 Å². The molecule has 10 atom stereocenters. The number of aliphatic hydroxyl groups is 2. The molecule has 5 N–H and O–H groups in total. The summed E-state index contributed by atoms with van der Waals surface area (Å²) in [5.74, 6) is -1.68. The molecule has 1 saturated heterocycles. The number of H-pyrrole nitrogens is 1. The number of carbonyl (C=O) groups is 2. The van der Waals surface area contributed by atoms with Gasteiger partial charge in [0.05, 0.1) is 51.1 Å². The third-order valence-electron chi connectivity index (χ3n) is 11.6. The second-order valence-electron chi connectivity index (χ2n) is 15.6. The zero-order valence-electron chi connectivity index (χ0n) is 33.4. The van der Waals surface area contributed by atoms with Crippen LogP contribution < -0.4 is 16.2 Å². The van der Waals surface area contributed by atoms with Crippen LogP contribution in [0.25, 0.3) is 22.3 Å². The Hall–Kier alpha value is -5.50. The van der Waals surface area contributed by atoms with E-state index in [1.807, 2.05) is 17.6 Å². The van der Waals surface area contributed by atoms with Gasteiger partial charge in [0.25, 0.3) is 11.5 Å². The number of hydrogen-bond acceptors (Lipinski definition) is 17. The smallest absolute Gasteiger partial charge is 0.396 e. The molecule has 2 saturated carbocycles. The van der Waals surface area contributed by atoms with Crippen LogP contribution >= 0.6 is 7.82 Å². The SMILES string of the molecule is CO[C@H]1[C@@H](O)[C@H](n2cnc3c(=O)[nH]c(NC(=O)C(C)C)nc32)O[C@@H]1COP(=O)(OCCC#N)O[C@H]1[C@@H](C)[C@H](n2cnc3c(NC(=O)c4ccccc4)ncnc32)[C@H]2C[C@@]21CO. The molecule has 0 bridgehead atoms. The minimum Gasteiger partial charge on any atom is -0.396 e. The summed E-state index contributed by atoms with van der Waals surface area (Å²) in [6.45, 7) is 4.11. The third-order valence-corrected chi connectivity index (χ3v) is 13.0. The molecule has 2 aliphatic carbocycles. The highest BCUT2D eigenvalue weighted by atomic mass is 31.2. The number of aliphatic hydroxyl groups excluding tert-OH is 2. The van der Waals surface area contributed by atoms with Crippen LogP contribution in [-0.2, 0) is 32.4 Å². The molecule has 3 fully saturated rings. The van der Waals surface area contributed by atoms with E-state index in [0.29, 0.717) is 23.1 Å². The fraction of sp³-hybridized carbons (Fsp3) is 0.500. The third kappa shape index (κ3) is 7.72. The van der Waals surface area contributed by atoms with Crippen molar-refractivity contribution in [2.24, 2.45) is 23.2 Å². The number of amides is 2. The highest BCUT2D eigenvalue weighted by Crippen LogP contribution is 2.73. The summed E-state index contributed by atoms with van der Waals surface area (Å²) in [6, 6.07) is 10.2. The lowest BCUT2D eigenvalue weighted by Gasteiger charge is -2.31. The highest BCUT2D eigenvalue weighted by Gasteiger charge is 2.72. The second kappa shape index (κ2) is 16.8. The van der Waals surface area contributed by atoms with Gasteiger partial charge in [-0.2, -0.15) is 10.2 Å². The summed E-state index contributed by atoms with van der Waals surface area (Å²) in [7, 11) is -3.23. The van der Waals surface area contributed by atoms with Crippen LogP contribution in [0.1, 0.15) is 56.2 Å². The normalized spacial score (nSPS) is 27.8. The number of aromatic nitrogens is 8. The molecule has 1 aromatic carbocycles. The van der Waals surface area contributed by atoms with Crippen LogP contribution in [0.2, 0.25) is 0 Å². The Labute approximate surface area is 347 Å². The van der Waals surface area contributed by atoms with E-state index in [-0.39, 0.29) is 66.3 Å². The van der Waals surface area contributed by atoms with Crippen LogP contribution in [0.15, 0.2) is 54.1 Å². The number of hydrogen-bond donors (Lipinski definition) is 5. The molecule has 2 amide bonds. The van der Waals surface area contributed by atoms with Gasteiger partial charge in [0.1, 0.15) is 24.6 Å². The molecule has 22 nitrogen and oxygen atoms in total. The van der Waals surface area contributed by atoms with Crippen molar-refractivity contribution >= 4 is 53.7 Å². The minimum atomic E-state index is -4.56. The first-order valence-electron chi connectivity index (χ1n) is 19.6. The van der Waals surface area contributed by atoms with Gasteiger partial charge in [-0.3, -0.25) is 42.8 Å². The molecule has 23 heteroatoms. The number of carbonyl (C=O) groups excluding carboxylic acids is 2. The van der Waals surface area contributed by atoms with Crippen molar-refractivity contribution in [1.82, 2.24) is 39.0 Å². The molecule has 1 aliphatic heterocycles. The van der Waals surface area contributed by atoms with Crippen molar-refractivity contribution in [2.45, 2.75) is 70.3 Å². The Bertz CT molecular complexity index is 2600. The Kier molecular flexibility index (Phi) is 11.6. The Morgan fingerprint density at radius 2 is 1.85 bits per heavy atom. The van der Waals surface area contributed by atoms with Gasteiger partial charge in [-0.15, -0.1) is 0 Å². The number of fused-ring (bicyclic) bond motifs is 3. The number of nitrogens with one attached hydrogen (secondary N) is 3. The number of benzene rings is 1. The number of methoxy groups -OCH3 is 1. The van der Waals surface area contributed by atoms with Gasteiger partial charge in [0.2, 0.25) is 11.9 Å². The Morgan fingerprint density at radius 3 is 2.57 bits per heavy atom. The summed E-state index contributed by atoms with van der Waals surface area (Å²) < 4.78 is 47.5. The zero-order valence-corrected chi connectivity index (χ0v) is 34.3. The fourth-order valence-electron chi connectivity index (χ4n) is 8.47. The number of ether oxygens (including phenoxy) is 2. The molecule has 1 unspecified atom stereocenters. The predicted molar refractivity (Wildman–Crippen MR) is 212 cm³/mol. The molecule has 8 rings (SSSR count). The van der Waals surface area contributed by atoms with Crippen LogP contribution in [0.5, 0.6) is 0 Å². The van der Waals surface area contributed by atoms with Crippen LogP contribution in [0, 0.1) is 34.5 Å². The maximum atomic E-state index is 14.6. The number of rotatable bonds is 16. The first-order chi connectivity index (χ1) is 29.3. The number of phosphoric acid groups is 1. The molecule has 0 radical (unpaired) electrons. The molecule has 0 spiro atoms. The quantitative estimate of drug-likeness (QED) is 0.0704. The molecule has 3 aliphatic rings. The Morgan fingerprint density at radius 1 is 1.10 bits per heavy atom. The largest absolute Gasteiger partial charge is 0.475 e. The zero-order chi connectivity index (χ0) is 43.2. The molecule has 61 heavy (non-hydrogen) atoms. The maximum Gasteiger partial charge on any atom is 0.475 e. The fourth-order valence-corrected chi connectivity index (χ4v) is 9.99. The average molecular weight is 862 g/mol. The van der Waals surface area contributed by atoms with Gasteiger partial charge in [-0.25, -0.2) is 24.5 Å². The summed E-state index contributed by atoms with van der Waals surface area (Å²) in [4.78, 5) is 62.4. The van der Waals surface area contributed by atoms with E-state index >= 15 is 0 Å². The van der Waals surface area contributed by atoms with Crippen molar-refractivity contribution in [3.63, 3.8) is 0 Å². The van der Waals surface area contributed by atoms with Crippen LogP contribution in [-0.4, -0.2) is 112 Å². The number of aromatic amines is 1. The first kappa shape index (κ1) is 42.2. The molecule has 322 valence electrons. The van der Waals surface area contributed by atoms with Crippen molar-refractivity contribution in [1.29, 1.82) is 5.26 Å². The van der Waals surface area contributed by atoms with E-state index in [4.69, 9.17) is 23.0 Å². The molecule has 5 aromatic rings. The number of nitrogens with zero attached hydrogens (tertiary/aromatic N) is 8. The van der Waals surface area contributed by atoms with Gasteiger partial charge in [-0.05, 0) is 24.5 Å². The molecular weight excluding hydrogens is 817 g/mol. The molecular formula is C38H44N11O11P. The number of anilines is 2. The number of imidazole rings is 2. The first-order valence-corrected chi connectivity index (χ1v) is 21.0. The molecule has 5 heterocycles. The van der Waals surface area contributed by atoms with E-state index in [1.54, 1.807) is 50.5 Å². The number of nitriles is 1. The van der Waals surface area contributed by atoms with E-state index in [2.05, 4.69) is 40.5 Å². The van der Waals surface area contributed by atoms with E-state index in [0.717, 1.165) is 0 Å². The van der Waals surface area contributed by atoms with E-state index in [1.165, 1.54) is 24.3 Å². The van der Waals surface area contributed by atoms with Gasteiger partial charge < -0.3 is 29.6 Å². The lowest BCUT2D eigenvalue weighted by molar-refractivity contribution is -0.118. The van der Waals surface area contributed by atoms with E-state index in [9.17, 15) is 34.4 Å². The summed E-state index contributed by atoms with van der Waals surface area (Å²) in [5.41, 5.74) is -0.356. The maximum absolute atomic E-state index is 14.6. The van der Waals surface area contributed by atoms with Crippen molar-refractivity contribution in [2.75, 3.05) is 37.6 Å². The minimum absolute atomic E-state index is 0.000442. The van der Waals surface area contributed by atoms with Gasteiger partial charge in [0, 0.05) is 36.0 Å². The summed E-state index contributed by atoms with van der Waals surface area (Å²) >= 11 is 0. The highest BCUT2D eigenvalue weighted by molar-refractivity contribution is 7.48. The van der Waals surface area contributed by atoms with Crippen molar-refractivity contribution in [3.05, 3.63) is 65.2 Å². The topological polar surface area (TPSA) is 293 Å².